The molecule has 0 atom stereocenters. The summed E-state index contributed by atoms with van der Waals surface area (Å²) in [5, 5.41) is -0.240. The number of nitrogens with zero attached hydrogens (tertiary/aromatic N) is 2. The molecule has 1 saturated heterocycles. The summed E-state index contributed by atoms with van der Waals surface area (Å²) >= 11 is 5.64. The lowest BCUT2D eigenvalue weighted by Gasteiger charge is -2.35. The molecule has 10 heteroatoms. The highest BCUT2D eigenvalue weighted by Gasteiger charge is 2.26. The van der Waals surface area contributed by atoms with E-state index in [-0.39, 0.29) is 17.7 Å². The molecule has 1 heterocycles. The average molecular weight is 422 g/mol. The smallest absolute Gasteiger partial charge is 0.410 e. The molecule has 152 valence electrons. The largest absolute Gasteiger partial charge is 0.444 e. The van der Waals surface area contributed by atoms with E-state index in [1.165, 1.54) is 18.2 Å². The number of amides is 1. The molecule has 1 aliphatic rings. The Hall–Kier alpha value is -1.42. The van der Waals surface area contributed by atoms with Crippen LogP contribution in [0.3, 0.4) is 0 Å². The number of sulfonamides is 1. The summed E-state index contributed by atoms with van der Waals surface area (Å²) in [6, 6.07) is 3.85. The first-order chi connectivity index (χ1) is 12.5. The number of piperazine rings is 1. The highest BCUT2D eigenvalue weighted by molar-refractivity contribution is 7.89. The molecule has 0 unspecified atom stereocenters. The number of carbonyl (C=O) groups excluding carboxylic acids is 1. The van der Waals surface area contributed by atoms with E-state index in [9.17, 15) is 17.6 Å². The van der Waals surface area contributed by atoms with Gasteiger partial charge in [0.05, 0.1) is 5.02 Å². The maximum atomic E-state index is 13.9. The van der Waals surface area contributed by atoms with Crippen molar-refractivity contribution in [1.29, 1.82) is 0 Å². The predicted octanol–water partition coefficient (Wildman–Crippen LogP) is 2.31. The fourth-order valence-corrected chi connectivity index (χ4v) is 3.94. The predicted molar refractivity (Wildman–Crippen MR) is 101 cm³/mol. The van der Waals surface area contributed by atoms with Crippen molar-refractivity contribution in [3.05, 3.63) is 29.0 Å². The van der Waals surface area contributed by atoms with Gasteiger partial charge in [0.25, 0.3) is 0 Å². The highest BCUT2D eigenvalue weighted by atomic mass is 35.5. The number of hydrogen-bond acceptors (Lipinski definition) is 5. The molecule has 7 nitrogen and oxygen atoms in total. The third-order valence-electron chi connectivity index (χ3n) is 3.95. The van der Waals surface area contributed by atoms with Gasteiger partial charge in [-0.15, -0.1) is 0 Å². The zero-order valence-electron chi connectivity index (χ0n) is 15.7. The number of ether oxygens (including phenoxy) is 1. The maximum absolute atomic E-state index is 13.9. The third-order valence-corrected chi connectivity index (χ3v) is 5.72. The second kappa shape index (κ2) is 8.72. The lowest BCUT2D eigenvalue weighted by Crippen LogP contribution is -2.51. The molecule has 1 aliphatic heterocycles. The molecule has 0 aromatic heterocycles. The van der Waals surface area contributed by atoms with E-state index in [1.54, 1.807) is 4.90 Å². The van der Waals surface area contributed by atoms with Crippen molar-refractivity contribution in [1.82, 2.24) is 14.5 Å². The Kier molecular flexibility index (Phi) is 7.07. The van der Waals surface area contributed by atoms with Gasteiger partial charge < -0.3 is 9.64 Å². The summed E-state index contributed by atoms with van der Waals surface area (Å²) < 4.78 is 46.1. The Labute approximate surface area is 164 Å². The number of rotatable bonds is 5. The van der Waals surface area contributed by atoms with Crippen LogP contribution < -0.4 is 4.72 Å². The molecule has 1 amide bonds. The van der Waals surface area contributed by atoms with Gasteiger partial charge >= 0.3 is 6.09 Å². The van der Waals surface area contributed by atoms with Crippen LogP contribution in [-0.2, 0) is 14.8 Å². The summed E-state index contributed by atoms with van der Waals surface area (Å²) in [5.74, 6) is -0.961. The van der Waals surface area contributed by atoms with Crippen molar-refractivity contribution < 1.29 is 22.3 Å². The van der Waals surface area contributed by atoms with E-state index < -0.39 is 26.3 Å². The van der Waals surface area contributed by atoms with Crippen LogP contribution in [0.15, 0.2) is 23.1 Å². The summed E-state index contributed by atoms with van der Waals surface area (Å²) in [6.45, 7) is 8.24. The van der Waals surface area contributed by atoms with Gasteiger partial charge in [-0.2, -0.15) is 0 Å². The van der Waals surface area contributed by atoms with Crippen molar-refractivity contribution in [2.75, 3.05) is 39.3 Å². The number of carbonyl (C=O) groups is 1. The van der Waals surface area contributed by atoms with Gasteiger partial charge in [0, 0.05) is 39.3 Å². The van der Waals surface area contributed by atoms with E-state index in [0.29, 0.717) is 32.7 Å². The van der Waals surface area contributed by atoms with Crippen molar-refractivity contribution in [3.8, 4) is 0 Å². The van der Waals surface area contributed by atoms with E-state index in [0.717, 1.165) is 0 Å². The Morgan fingerprint density at radius 1 is 1.26 bits per heavy atom. The van der Waals surface area contributed by atoms with Crippen molar-refractivity contribution in [3.63, 3.8) is 0 Å². The van der Waals surface area contributed by atoms with Gasteiger partial charge in [-0.25, -0.2) is 22.3 Å². The van der Waals surface area contributed by atoms with Crippen LogP contribution in [0.5, 0.6) is 0 Å². The lowest BCUT2D eigenvalue weighted by atomic mass is 10.2. The van der Waals surface area contributed by atoms with Crippen LogP contribution in [0.1, 0.15) is 20.8 Å². The first kappa shape index (κ1) is 21.9. The Bertz CT molecular complexity index is 775. The molecule has 0 spiro atoms. The number of nitrogens with one attached hydrogen (secondary N) is 1. The highest BCUT2D eigenvalue weighted by Crippen LogP contribution is 2.21. The van der Waals surface area contributed by atoms with Crippen LogP contribution in [0.2, 0.25) is 5.02 Å². The van der Waals surface area contributed by atoms with Crippen LogP contribution in [0.25, 0.3) is 0 Å². The molecule has 1 N–H and O–H groups in total. The molecule has 0 radical (unpaired) electrons. The average Bonchev–Trinajstić information content (AvgIpc) is 2.56. The number of hydrogen-bond donors (Lipinski definition) is 1. The molecule has 2 rings (SSSR count). The third kappa shape index (κ3) is 6.31. The normalized spacial score (nSPS) is 16.4. The molecule has 27 heavy (non-hydrogen) atoms. The van der Waals surface area contributed by atoms with Crippen molar-refractivity contribution >= 4 is 27.7 Å². The minimum Gasteiger partial charge on any atom is -0.444 e. The minimum atomic E-state index is -3.98. The molecule has 1 aromatic carbocycles. The van der Waals surface area contributed by atoms with Crippen molar-refractivity contribution in [2.24, 2.45) is 0 Å². The summed E-state index contributed by atoms with van der Waals surface area (Å²) in [4.78, 5) is 15.2. The molecular weight excluding hydrogens is 397 g/mol. The molecule has 0 saturated carbocycles. The van der Waals surface area contributed by atoms with E-state index >= 15 is 0 Å². The summed E-state index contributed by atoms with van der Waals surface area (Å²) in [7, 11) is -3.98. The van der Waals surface area contributed by atoms with Crippen LogP contribution in [0.4, 0.5) is 9.18 Å². The quantitative estimate of drug-likeness (QED) is 0.789. The Morgan fingerprint density at radius 2 is 1.89 bits per heavy atom. The SMILES string of the molecule is CC(C)(C)OC(=O)N1CCN(CCNS(=O)(=O)c2cccc(Cl)c2F)CC1. The zero-order chi connectivity index (χ0) is 20.2. The fraction of sp³-hybridized carbons (Fsp3) is 0.588. The molecular formula is C17H25ClFN3O4S. The van der Waals surface area contributed by atoms with Gasteiger partial charge in [-0.1, -0.05) is 17.7 Å². The second-order valence-corrected chi connectivity index (χ2v) is 9.40. The van der Waals surface area contributed by atoms with E-state index in [4.69, 9.17) is 16.3 Å². The molecule has 0 bridgehead atoms. The first-order valence-electron chi connectivity index (χ1n) is 8.63. The minimum absolute atomic E-state index is 0.126. The monoisotopic (exact) mass is 421 g/mol. The van der Waals surface area contributed by atoms with Gasteiger partial charge in [0.15, 0.2) is 5.82 Å². The van der Waals surface area contributed by atoms with Gasteiger partial charge in [0.1, 0.15) is 10.5 Å². The number of halogens is 2. The standard InChI is InChI=1S/C17H25ClFN3O4S/c1-17(2,3)26-16(23)22-11-9-21(10-12-22)8-7-20-27(24,25)14-6-4-5-13(18)15(14)19/h4-6,20H,7-12H2,1-3H3. The Morgan fingerprint density at radius 3 is 2.48 bits per heavy atom. The first-order valence-corrected chi connectivity index (χ1v) is 10.5. The fourth-order valence-electron chi connectivity index (χ4n) is 2.59. The molecule has 1 fully saturated rings. The van der Waals surface area contributed by atoms with E-state index in [2.05, 4.69) is 4.72 Å². The second-order valence-electron chi connectivity index (χ2n) is 7.26. The topological polar surface area (TPSA) is 79.0 Å². The van der Waals surface area contributed by atoms with E-state index in [1.807, 2.05) is 25.7 Å². The lowest BCUT2D eigenvalue weighted by molar-refractivity contribution is 0.0147. The van der Waals surface area contributed by atoms with Crippen molar-refractivity contribution in [2.45, 2.75) is 31.3 Å². The molecule has 0 aliphatic carbocycles. The summed E-state index contributed by atoms with van der Waals surface area (Å²) in [6.07, 6.45) is -0.348. The van der Waals surface area contributed by atoms with Crippen LogP contribution in [0, 0.1) is 5.82 Å². The molecule has 1 aromatic rings. The van der Waals surface area contributed by atoms with Gasteiger partial charge in [0.2, 0.25) is 10.0 Å². The van der Waals surface area contributed by atoms with Crippen LogP contribution in [-0.4, -0.2) is 69.2 Å². The van der Waals surface area contributed by atoms with Gasteiger partial charge in [-0.3, -0.25) is 4.90 Å². The number of benzene rings is 1. The maximum Gasteiger partial charge on any atom is 0.410 e. The van der Waals surface area contributed by atoms with Gasteiger partial charge in [-0.05, 0) is 32.9 Å². The van der Waals surface area contributed by atoms with Crippen LogP contribution >= 0.6 is 11.6 Å². The zero-order valence-corrected chi connectivity index (χ0v) is 17.2. The Balaban J connectivity index is 1.80. The summed E-state index contributed by atoms with van der Waals surface area (Å²) in [5.41, 5.74) is -0.540.